The fraction of sp³-hybridized carbons (Fsp3) is 0.385. The number of hydrogen-bond acceptors (Lipinski definition) is 3. The average molecular weight is 230 g/mol. The molecule has 0 atom stereocenters. The Morgan fingerprint density at radius 2 is 2.18 bits per heavy atom. The summed E-state index contributed by atoms with van der Waals surface area (Å²) in [7, 11) is 0. The van der Waals surface area contributed by atoms with Crippen molar-refractivity contribution in [2.45, 2.75) is 33.5 Å². The molecule has 0 radical (unpaired) electrons. The summed E-state index contributed by atoms with van der Waals surface area (Å²) in [6.07, 6.45) is 3.91. The summed E-state index contributed by atoms with van der Waals surface area (Å²) in [5.74, 6) is 0. The zero-order valence-electron chi connectivity index (χ0n) is 10.3. The second kappa shape index (κ2) is 5.59. The lowest BCUT2D eigenvalue weighted by molar-refractivity contribution is 0.651. The highest BCUT2D eigenvalue weighted by Crippen LogP contribution is 2.05. The highest BCUT2D eigenvalue weighted by molar-refractivity contribution is 5.15. The van der Waals surface area contributed by atoms with Crippen LogP contribution in [0, 0.1) is 6.92 Å². The minimum atomic E-state index is 0.789. The van der Waals surface area contributed by atoms with Crippen molar-refractivity contribution in [3.05, 3.63) is 47.5 Å². The Balaban J connectivity index is 1.88. The molecule has 0 saturated carbocycles. The van der Waals surface area contributed by atoms with E-state index in [0.29, 0.717) is 0 Å². The maximum atomic E-state index is 4.42. The van der Waals surface area contributed by atoms with Gasteiger partial charge in [0.2, 0.25) is 0 Å². The number of hydrogen-bond donors (Lipinski definition) is 1. The van der Waals surface area contributed by atoms with Gasteiger partial charge in [-0.25, -0.2) is 0 Å². The van der Waals surface area contributed by atoms with Gasteiger partial charge in [0.25, 0.3) is 0 Å². The Morgan fingerprint density at radius 3 is 2.82 bits per heavy atom. The molecule has 0 unspecified atom stereocenters. The molecule has 0 saturated heterocycles. The molecule has 90 valence electrons. The highest BCUT2D eigenvalue weighted by Gasteiger charge is 2.03. The van der Waals surface area contributed by atoms with Crippen LogP contribution in [0.2, 0.25) is 0 Å². The molecular weight excluding hydrogens is 212 g/mol. The molecule has 4 nitrogen and oxygen atoms in total. The number of nitrogens with one attached hydrogen (secondary N) is 1. The van der Waals surface area contributed by atoms with E-state index in [0.717, 1.165) is 31.0 Å². The summed E-state index contributed by atoms with van der Waals surface area (Å²) in [5, 5.41) is 7.80. The third-order valence-corrected chi connectivity index (χ3v) is 2.72. The fourth-order valence-electron chi connectivity index (χ4n) is 1.72. The van der Waals surface area contributed by atoms with Crippen LogP contribution in [0.25, 0.3) is 0 Å². The first-order chi connectivity index (χ1) is 8.29. The third-order valence-electron chi connectivity index (χ3n) is 2.72. The lowest BCUT2D eigenvalue weighted by Gasteiger charge is -2.02. The number of pyridine rings is 1. The van der Waals surface area contributed by atoms with Crippen LogP contribution in [0.4, 0.5) is 0 Å². The number of nitrogens with zero attached hydrogens (tertiary/aromatic N) is 3. The summed E-state index contributed by atoms with van der Waals surface area (Å²) in [6, 6.07) is 5.96. The van der Waals surface area contributed by atoms with E-state index in [1.54, 1.807) is 0 Å². The molecule has 0 aliphatic carbocycles. The average Bonchev–Trinajstić information content (AvgIpc) is 2.72. The molecule has 0 spiro atoms. The minimum Gasteiger partial charge on any atom is -0.307 e. The first-order valence-electron chi connectivity index (χ1n) is 5.93. The molecule has 1 N–H and O–H groups in total. The minimum absolute atomic E-state index is 0.789. The van der Waals surface area contributed by atoms with Gasteiger partial charge in [0, 0.05) is 37.6 Å². The van der Waals surface area contributed by atoms with Gasteiger partial charge >= 0.3 is 0 Å². The van der Waals surface area contributed by atoms with Crippen molar-refractivity contribution < 1.29 is 0 Å². The molecule has 0 amide bonds. The topological polar surface area (TPSA) is 42.7 Å². The van der Waals surface area contributed by atoms with Crippen LogP contribution in [0.5, 0.6) is 0 Å². The van der Waals surface area contributed by atoms with E-state index in [4.69, 9.17) is 0 Å². The number of aromatic nitrogens is 3. The van der Waals surface area contributed by atoms with E-state index in [1.165, 1.54) is 5.56 Å². The van der Waals surface area contributed by atoms with Crippen LogP contribution >= 0.6 is 0 Å². The zero-order chi connectivity index (χ0) is 12.1. The molecule has 2 aromatic rings. The molecular formula is C13H18N4. The van der Waals surface area contributed by atoms with Gasteiger partial charge < -0.3 is 5.32 Å². The van der Waals surface area contributed by atoms with Crippen LogP contribution in [-0.4, -0.2) is 14.8 Å². The zero-order valence-corrected chi connectivity index (χ0v) is 10.3. The van der Waals surface area contributed by atoms with Crippen molar-refractivity contribution in [2.75, 3.05) is 0 Å². The molecule has 4 heteroatoms. The molecule has 0 fully saturated rings. The summed E-state index contributed by atoms with van der Waals surface area (Å²) in [5.41, 5.74) is 3.41. The monoisotopic (exact) mass is 230 g/mol. The molecule has 17 heavy (non-hydrogen) atoms. The van der Waals surface area contributed by atoms with E-state index in [-0.39, 0.29) is 0 Å². The summed E-state index contributed by atoms with van der Waals surface area (Å²) < 4.78 is 1.97. The Labute approximate surface area is 102 Å². The lowest BCUT2D eigenvalue weighted by atomic mass is 10.2. The van der Waals surface area contributed by atoms with Crippen molar-refractivity contribution in [3.8, 4) is 0 Å². The number of rotatable bonds is 5. The summed E-state index contributed by atoms with van der Waals surface area (Å²) in [6.45, 7) is 6.68. The number of aryl methyl sites for hydroxylation is 2. The molecule has 0 bridgehead atoms. The van der Waals surface area contributed by atoms with Gasteiger partial charge in [-0.05, 0) is 26.0 Å². The molecule has 0 aliphatic heterocycles. The third kappa shape index (κ3) is 3.14. The van der Waals surface area contributed by atoms with Crippen LogP contribution in [0.1, 0.15) is 23.9 Å². The maximum absolute atomic E-state index is 4.42. The van der Waals surface area contributed by atoms with Crippen LogP contribution in [0.3, 0.4) is 0 Å². The van der Waals surface area contributed by atoms with Crippen molar-refractivity contribution in [3.63, 3.8) is 0 Å². The highest BCUT2D eigenvalue weighted by atomic mass is 15.3. The van der Waals surface area contributed by atoms with Crippen molar-refractivity contribution >= 4 is 0 Å². The Kier molecular flexibility index (Phi) is 3.88. The van der Waals surface area contributed by atoms with E-state index >= 15 is 0 Å². The van der Waals surface area contributed by atoms with Crippen molar-refractivity contribution in [1.82, 2.24) is 20.1 Å². The summed E-state index contributed by atoms with van der Waals surface area (Å²) in [4.78, 5) is 4.27. The molecule has 2 aromatic heterocycles. The van der Waals surface area contributed by atoms with Gasteiger partial charge in [-0.3, -0.25) is 9.67 Å². The quantitative estimate of drug-likeness (QED) is 0.853. The normalized spacial score (nSPS) is 10.7. The Morgan fingerprint density at radius 1 is 1.29 bits per heavy atom. The van der Waals surface area contributed by atoms with Crippen LogP contribution < -0.4 is 5.32 Å². The maximum Gasteiger partial charge on any atom is 0.0638 e. The molecule has 2 rings (SSSR count). The lowest BCUT2D eigenvalue weighted by Crippen LogP contribution is -2.13. The van der Waals surface area contributed by atoms with Gasteiger partial charge in [0.1, 0.15) is 0 Å². The predicted molar refractivity (Wildman–Crippen MR) is 67.4 cm³/mol. The van der Waals surface area contributed by atoms with E-state index in [9.17, 15) is 0 Å². The van der Waals surface area contributed by atoms with E-state index in [2.05, 4.69) is 28.5 Å². The standard InChI is InChI=1S/C13H18N4/c1-3-17-10-12(11(2)16-17)8-14-9-13-6-4-5-7-15-13/h4-7,10,14H,3,8-9H2,1-2H3. The predicted octanol–water partition coefficient (Wildman–Crippen LogP) is 1.90. The van der Waals surface area contributed by atoms with Gasteiger partial charge in [-0.15, -0.1) is 0 Å². The second-order valence-corrected chi connectivity index (χ2v) is 4.02. The smallest absolute Gasteiger partial charge is 0.0638 e. The molecule has 0 aromatic carbocycles. The van der Waals surface area contributed by atoms with Crippen molar-refractivity contribution in [1.29, 1.82) is 0 Å². The van der Waals surface area contributed by atoms with E-state index in [1.807, 2.05) is 36.0 Å². The van der Waals surface area contributed by atoms with Crippen LogP contribution in [-0.2, 0) is 19.6 Å². The van der Waals surface area contributed by atoms with Crippen molar-refractivity contribution in [2.24, 2.45) is 0 Å². The van der Waals surface area contributed by atoms with E-state index < -0.39 is 0 Å². The van der Waals surface area contributed by atoms with Gasteiger partial charge in [0.15, 0.2) is 0 Å². The Hall–Kier alpha value is -1.68. The first-order valence-corrected chi connectivity index (χ1v) is 5.93. The van der Waals surface area contributed by atoms with Crippen LogP contribution in [0.15, 0.2) is 30.6 Å². The van der Waals surface area contributed by atoms with Gasteiger partial charge in [-0.2, -0.15) is 5.10 Å². The van der Waals surface area contributed by atoms with Gasteiger partial charge in [-0.1, -0.05) is 6.07 Å². The molecule has 0 aliphatic rings. The summed E-state index contributed by atoms with van der Waals surface area (Å²) >= 11 is 0. The fourth-order valence-corrected chi connectivity index (χ4v) is 1.72. The first kappa shape index (κ1) is 11.8. The van der Waals surface area contributed by atoms with Gasteiger partial charge in [0.05, 0.1) is 11.4 Å². The molecule has 2 heterocycles. The largest absolute Gasteiger partial charge is 0.307 e. The second-order valence-electron chi connectivity index (χ2n) is 4.02. The SMILES string of the molecule is CCn1cc(CNCc2ccccn2)c(C)n1. The Bertz CT molecular complexity index is 462.